The van der Waals surface area contributed by atoms with Crippen molar-refractivity contribution < 1.29 is 0 Å². The number of anilines is 1. The minimum atomic E-state index is 0. The number of hydrogen-bond acceptors (Lipinski definition) is 2. The zero-order valence-electron chi connectivity index (χ0n) is 9.50. The van der Waals surface area contributed by atoms with E-state index in [9.17, 15) is 0 Å². The lowest BCUT2D eigenvalue weighted by Crippen LogP contribution is -2.17. The molecule has 0 aliphatic carbocycles. The van der Waals surface area contributed by atoms with E-state index >= 15 is 0 Å². The van der Waals surface area contributed by atoms with Crippen LogP contribution in [0.15, 0.2) is 18.2 Å². The summed E-state index contributed by atoms with van der Waals surface area (Å²) in [5.41, 5.74) is 2.57. The minimum Gasteiger partial charge on any atom is -0.384 e. The van der Waals surface area contributed by atoms with Gasteiger partial charge in [0.05, 0.1) is 0 Å². The van der Waals surface area contributed by atoms with E-state index in [2.05, 4.69) is 31.3 Å². The fraction of sp³-hybridized carbons (Fsp3) is 0.500. The van der Waals surface area contributed by atoms with E-state index in [1.165, 1.54) is 17.0 Å². The molecule has 1 nitrogen and oxygen atoms in total. The molecular formula is C12H17Cl2NS. The molecule has 1 aliphatic rings. The number of hydrogen-bond donors (Lipinski definition) is 1. The Labute approximate surface area is 113 Å². The van der Waals surface area contributed by atoms with Crippen molar-refractivity contribution in [1.82, 2.24) is 0 Å². The lowest BCUT2D eigenvalue weighted by atomic mass is 10.1. The first-order valence-corrected chi connectivity index (χ1v) is 6.74. The number of rotatable bonds is 0. The Morgan fingerprint density at radius 1 is 1.38 bits per heavy atom. The summed E-state index contributed by atoms with van der Waals surface area (Å²) in [6.45, 7) is 5.58. The fourth-order valence-corrected chi connectivity index (χ4v) is 3.06. The second kappa shape index (κ2) is 6.04. The van der Waals surface area contributed by atoms with Gasteiger partial charge in [0.25, 0.3) is 0 Å². The lowest BCUT2D eigenvalue weighted by molar-refractivity contribution is 0.695. The van der Waals surface area contributed by atoms with Gasteiger partial charge >= 0.3 is 0 Å². The molecule has 2 unspecified atom stereocenters. The van der Waals surface area contributed by atoms with Crippen LogP contribution in [-0.4, -0.2) is 12.3 Å². The van der Waals surface area contributed by atoms with E-state index in [0.717, 1.165) is 17.5 Å². The highest BCUT2D eigenvalue weighted by Crippen LogP contribution is 2.37. The van der Waals surface area contributed by atoms with Gasteiger partial charge in [-0.15, -0.1) is 12.4 Å². The van der Waals surface area contributed by atoms with Crippen molar-refractivity contribution in [2.24, 2.45) is 5.92 Å². The van der Waals surface area contributed by atoms with Crippen molar-refractivity contribution in [3.63, 3.8) is 0 Å². The third-order valence-electron chi connectivity index (χ3n) is 2.72. The average Bonchev–Trinajstić information content (AvgIpc) is 2.22. The predicted molar refractivity (Wildman–Crippen MR) is 77.2 cm³/mol. The Morgan fingerprint density at radius 2 is 2.12 bits per heavy atom. The molecule has 1 heterocycles. The van der Waals surface area contributed by atoms with Crippen molar-refractivity contribution in [2.75, 3.05) is 17.6 Å². The molecule has 0 saturated carbocycles. The Kier molecular flexibility index (Phi) is 5.29. The largest absolute Gasteiger partial charge is 0.384 e. The maximum atomic E-state index is 6.03. The monoisotopic (exact) mass is 277 g/mol. The van der Waals surface area contributed by atoms with Gasteiger partial charge in [-0.25, -0.2) is 0 Å². The van der Waals surface area contributed by atoms with Crippen LogP contribution in [0.2, 0.25) is 5.02 Å². The normalized spacial score (nSPS) is 24.4. The fourth-order valence-electron chi connectivity index (χ4n) is 1.77. The van der Waals surface area contributed by atoms with Gasteiger partial charge in [-0.05, 0) is 42.4 Å². The highest BCUT2D eigenvalue weighted by atomic mass is 35.5. The molecular weight excluding hydrogens is 261 g/mol. The zero-order valence-corrected chi connectivity index (χ0v) is 11.9. The van der Waals surface area contributed by atoms with Crippen LogP contribution in [0.5, 0.6) is 0 Å². The van der Waals surface area contributed by atoms with Crippen LogP contribution < -0.4 is 5.32 Å². The van der Waals surface area contributed by atoms with Gasteiger partial charge in [-0.2, -0.15) is 11.8 Å². The second-order valence-corrected chi connectivity index (χ2v) is 6.00. The first-order valence-electron chi connectivity index (χ1n) is 5.31. The number of benzene rings is 1. The van der Waals surface area contributed by atoms with Gasteiger partial charge in [0.15, 0.2) is 0 Å². The van der Waals surface area contributed by atoms with E-state index in [0.29, 0.717) is 5.25 Å². The van der Waals surface area contributed by atoms with Gasteiger partial charge in [-0.1, -0.05) is 18.5 Å². The van der Waals surface area contributed by atoms with Crippen LogP contribution >= 0.6 is 35.8 Å². The topological polar surface area (TPSA) is 12.0 Å². The van der Waals surface area contributed by atoms with Crippen LogP contribution in [0.25, 0.3) is 0 Å². The molecule has 0 aromatic heterocycles. The molecule has 4 heteroatoms. The molecule has 0 bridgehead atoms. The molecule has 0 fully saturated rings. The highest BCUT2D eigenvalue weighted by Gasteiger charge is 2.16. The van der Waals surface area contributed by atoms with Crippen molar-refractivity contribution in [3.05, 3.63) is 28.8 Å². The summed E-state index contributed by atoms with van der Waals surface area (Å²) < 4.78 is 0. The number of fused-ring (bicyclic) bond motifs is 1. The minimum absolute atomic E-state index is 0. The molecule has 0 amide bonds. The second-order valence-electron chi connectivity index (χ2n) is 4.19. The van der Waals surface area contributed by atoms with Gasteiger partial charge in [0, 0.05) is 22.5 Å². The molecule has 1 aliphatic heterocycles. The number of thioether (sulfide) groups is 1. The molecule has 2 rings (SSSR count). The van der Waals surface area contributed by atoms with Gasteiger partial charge in [0.2, 0.25) is 0 Å². The van der Waals surface area contributed by atoms with E-state index in [4.69, 9.17) is 11.6 Å². The van der Waals surface area contributed by atoms with Crippen LogP contribution in [0.3, 0.4) is 0 Å². The van der Waals surface area contributed by atoms with Crippen molar-refractivity contribution in [1.29, 1.82) is 0 Å². The standard InChI is InChI=1S/C12H16ClNS.ClH/c1-8-6-14-12-4-3-10(13)5-11(12)9(2)15-7-8;/h3-5,8-9,14H,6-7H2,1-2H3;1H. The van der Waals surface area contributed by atoms with Crippen molar-refractivity contribution >= 4 is 41.5 Å². The molecule has 1 aromatic carbocycles. The Balaban J connectivity index is 0.00000128. The quantitative estimate of drug-likeness (QED) is 0.743. The first-order chi connectivity index (χ1) is 7.16. The Bertz CT molecular complexity index is 357. The van der Waals surface area contributed by atoms with E-state index < -0.39 is 0 Å². The van der Waals surface area contributed by atoms with Crippen molar-refractivity contribution in [3.8, 4) is 0 Å². The molecule has 1 aromatic rings. The first kappa shape index (κ1) is 14.0. The molecule has 0 saturated heterocycles. The van der Waals surface area contributed by atoms with Crippen LogP contribution in [0.1, 0.15) is 24.7 Å². The molecule has 90 valence electrons. The third-order valence-corrected chi connectivity index (χ3v) is 4.47. The highest BCUT2D eigenvalue weighted by molar-refractivity contribution is 7.99. The molecule has 2 atom stereocenters. The number of nitrogens with one attached hydrogen (secondary N) is 1. The summed E-state index contributed by atoms with van der Waals surface area (Å²) in [4.78, 5) is 0. The Hall–Kier alpha value is -0.0500. The SMILES string of the molecule is CC1CNc2ccc(Cl)cc2C(C)SC1.Cl. The molecule has 0 radical (unpaired) electrons. The maximum Gasteiger partial charge on any atom is 0.0410 e. The molecule has 16 heavy (non-hydrogen) atoms. The van der Waals surface area contributed by atoms with E-state index in [1.54, 1.807) is 0 Å². The number of halogens is 2. The average molecular weight is 278 g/mol. The summed E-state index contributed by atoms with van der Waals surface area (Å²) >= 11 is 8.04. The molecule has 0 spiro atoms. The van der Waals surface area contributed by atoms with Gasteiger partial charge < -0.3 is 5.32 Å². The summed E-state index contributed by atoms with van der Waals surface area (Å²) in [5, 5.41) is 4.85. The van der Waals surface area contributed by atoms with E-state index in [-0.39, 0.29) is 12.4 Å². The third kappa shape index (κ3) is 3.22. The van der Waals surface area contributed by atoms with Crippen molar-refractivity contribution in [2.45, 2.75) is 19.1 Å². The predicted octanol–water partition coefficient (Wildman–Crippen LogP) is 4.62. The molecule has 1 N–H and O–H groups in total. The van der Waals surface area contributed by atoms with E-state index in [1.807, 2.05) is 17.8 Å². The smallest absolute Gasteiger partial charge is 0.0410 e. The zero-order chi connectivity index (χ0) is 10.8. The summed E-state index contributed by atoms with van der Waals surface area (Å²) in [6, 6.07) is 6.13. The maximum absolute atomic E-state index is 6.03. The Morgan fingerprint density at radius 3 is 2.88 bits per heavy atom. The van der Waals surface area contributed by atoms with Crippen LogP contribution in [0.4, 0.5) is 5.69 Å². The summed E-state index contributed by atoms with van der Waals surface area (Å²) in [6.07, 6.45) is 0. The van der Waals surface area contributed by atoms with Crippen LogP contribution in [-0.2, 0) is 0 Å². The van der Waals surface area contributed by atoms with Crippen LogP contribution in [0, 0.1) is 5.92 Å². The lowest BCUT2D eigenvalue weighted by Gasteiger charge is -2.24. The summed E-state index contributed by atoms with van der Waals surface area (Å²) in [7, 11) is 0. The van der Waals surface area contributed by atoms with Gasteiger partial charge in [0.1, 0.15) is 0 Å². The summed E-state index contributed by atoms with van der Waals surface area (Å²) in [5.74, 6) is 1.93. The van der Waals surface area contributed by atoms with Gasteiger partial charge in [-0.3, -0.25) is 0 Å².